The number of phenols is 1. The Balaban J connectivity index is 1.13. The minimum absolute atomic E-state index is 0.0703. The second kappa shape index (κ2) is 48.6. The number of hydrogen-bond donors (Lipinski definition) is 15. The number of aromatic hydroxyl groups is 1. The van der Waals surface area contributed by atoms with Crippen molar-refractivity contribution in [1.82, 2.24) is 77.3 Å². The summed E-state index contributed by atoms with van der Waals surface area (Å²) in [5.41, 5.74) is 13.2. The Hall–Kier alpha value is -13.5. The van der Waals surface area contributed by atoms with Crippen LogP contribution in [0.15, 0.2) is 121 Å². The number of aromatic amines is 1. The van der Waals surface area contributed by atoms with Crippen molar-refractivity contribution in [3.63, 3.8) is 0 Å². The van der Waals surface area contributed by atoms with Gasteiger partial charge >= 0.3 is 11.9 Å². The first-order valence-corrected chi connectivity index (χ1v) is 44.8. The molecule has 0 aliphatic carbocycles. The molecule has 0 bridgehead atoms. The Morgan fingerprint density at radius 2 is 1.05 bits per heavy atom. The van der Waals surface area contributed by atoms with Gasteiger partial charge in [-0.05, 0) is 121 Å². The Labute approximate surface area is 767 Å². The van der Waals surface area contributed by atoms with E-state index in [1.165, 1.54) is 64.3 Å². The van der Waals surface area contributed by atoms with Gasteiger partial charge in [-0.3, -0.25) is 81.5 Å². The average molecular weight is 1870 g/mol. The van der Waals surface area contributed by atoms with Crippen molar-refractivity contribution < 1.29 is 114 Å². The highest BCUT2D eigenvalue weighted by molar-refractivity contribution is 8.00. The summed E-state index contributed by atoms with van der Waals surface area (Å²) < 4.78 is 59.6. The molecule has 3 fully saturated rings. The van der Waals surface area contributed by atoms with E-state index in [4.69, 9.17) is 11.5 Å². The Morgan fingerprint density at radius 3 is 1.68 bits per heavy atom. The number of carboxylic acids is 2. The first kappa shape index (κ1) is 103. The fraction of sp³-hybridized carbons (Fsp3) is 0.462. The standard InChI is InChI=1S/C91H113F4N17O20S/c1-7-8-21-70-90(131)112-35-16-23-69(112)85(126)104-64(43-76(118)119)82(123)107-78(49(2)3)91(132)109(5)71(40-50-17-10-9-11-18-50)86(127)101-61(32-33-75(116)117)88(129)111-34-15-14-22-68(111)84(125)103-63(42-54-45-98-60-20-13-12-19-57(54)60)81(122)102-62(38-51-26-30-56(113)31-27-51)80(121)105-66(44-96)83(124)106-67(79(120)99-46-73(97)114)47-133-48-74(115)100-65(39-53-36-58(93)77(95)59(94)37-53)87(128)110(6)72(89(130)108(70)4)41-52-24-28-55(92)29-25-52/h9-13,17-20,24-31,36-37,45,49,61-72,78,98,113H,7-8,14-16,21-23,32-35,38-44,46-48,96H2,1-6H3,(H2,97,114)(H,99,120)(H,100,115)(H,101,127)(H,102,122)(H,103,125)(H,104,126)(H,105,121)(H,106,124)(H,107,123)(H,116,117)(H,118,119)/t61-,62-,63-,64-,65-,66-,67-,68+,69+,70-,71-,72?,78-/m0/s1. The lowest BCUT2D eigenvalue weighted by Gasteiger charge is -2.38. The number of unbranched alkanes of at least 4 members (excludes halogenated alkanes) is 1. The molecule has 17 N–H and O–H groups in total. The number of nitrogens with one attached hydrogen (secondary N) is 10. The fourth-order valence-electron chi connectivity index (χ4n) is 16.2. The topological polar surface area (TPSA) is 543 Å². The normalized spacial score (nSPS) is 23.6. The lowest BCUT2D eigenvalue weighted by molar-refractivity contribution is -0.152. The molecule has 1 unspecified atom stereocenters. The van der Waals surface area contributed by atoms with E-state index in [0.29, 0.717) is 64.3 Å². The summed E-state index contributed by atoms with van der Waals surface area (Å²) >= 11 is 0.601. The zero-order chi connectivity index (χ0) is 97.2. The highest BCUT2D eigenvalue weighted by Gasteiger charge is 2.46. The third-order valence-corrected chi connectivity index (χ3v) is 24.5. The van der Waals surface area contributed by atoms with Crippen LogP contribution in [0.4, 0.5) is 17.6 Å². The lowest BCUT2D eigenvalue weighted by Crippen LogP contribution is -2.63. The molecule has 0 spiro atoms. The van der Waals surface area contributed by atoms with Crippen molar-refractivity contribution in [3.8, 4) is 5.75 Å². The van der Waals surface area contributed by atoms with E-state index in [-0.39, 0.29) is 75.8 Å². The van der Waals surface area contributed by atoms with Crippen LogP contribution in [0, 0.1) is 29.2 Å². The molecule has 133 heavy (non-hydrogen) atoms. The number of carbonyl (C=O) groups is 17. The lowest BCUT2D eigenvalue weighted by atomic mass is 9.97. The number of halogens is 4. The molecule has 3 saturated heterocycles. The number of nitrogens with zero attached hydrogens (tertiary/aromatic N) is 5. The summed E-state index contributed by atoms with van der Waals surface area (Å²) in [5.74, 6) is -27.3. The van der Waals surface area contributed by atoms with Crippen molar-refractivity contribution in [3.05, 3.63) is 173 Å². The van der Waals surface area contributed by atoms with E-state index < -0.39 is 277 Å². The van der Waals surface area contributed by atoms with Gasteiger partial charge in [0.1, 0.15) is 90.1 Å². The van der Waals surface area contributed by atoms with E-state index >= 15 is 51.9 Å². The van der Waals surface area contributed by atoms with Gasteiger partial charge < -0.3 is 104 Å². The molecule has 716 valence electrons. The highest BCUT2D eigenvalue weighted by Crippen LogP contribution is 2.29. The summed E-state index contributed by atoms with van der Waals surface area (Å²) in [7, 11) is 3.54. The van der Waals surface area contributed by atoms with Gasteiger partial charge in [0, 0.05) is 102 Å². The molecule has 9 rings (SSSR count). The summed E-state index contributed by atoms with van der Waals surface area (Å²) in [4.78, 5) is 257. The molecule has 1 aromatic heterocycles. The van der Waals surface area contributed by atoms with Crippen LogP contribution >= 0.6 is 11.8 Å². The first-order chi connectivity index (χ1) is 63.2. The van der Waals surface area contributed by atoms with E-state index in [9.17, 15) is 62.5 Å². The van der Waals surface area contributed by atoms with Crippen LogP contribution in [0.1, 0.15) is 119 Å². The number of amides is 15. The number of rotatable bonds is 23. The number of benzene rings is 5. The number of hydrogen-bond acceptors (Lipinski definition) is 20. The fourth-order valence-corrected chi connectivity index (χ4v) is 17.0. The Kier molecular flexibility index (Phi) is 37.7. The maximum atomic E-state index is 15.6. The quantitative estimate of drug-likeness (QED) is 0.0316. The van der Waals surface area contributed by atoms with Crippen LogP contribution < -0.4 is 59.3 Å². The predicted octanol–water partition coefficient (Wildman–Crippen LogP) is 1.17. The minimum Gasteiger partial charge on any atom is -0.508 e. The molecule has 5 aromatic carbocycles. The molecular formula is C91H113F4N17O20S. The highest BCUT2D eigenvalue weighted by atomic mass is 32.2. The number of carbonyl (C=O) groups excluding carboxylic acids is 15. The number of phenolic OH excluding ortho intramolecular Hbond substituents is 1. The van der Waals surface area contributed by atoms with Crippen LogP contribution in [0.5, 0.6) is 5.75 Å². The zero-order valence-corrected chi connectivity index (χ0v) is 75.1. The molecule has 42 heteroatoms. The van der Waals surface area contributed by atoms with Crippen LogP contribution in [0.25, 0.3) is 10.9 Å². The molecule has 15 amide bonds. The van der Waals surface area contributed by atoms with Gasteiger partial charge in [0.15, 0.2) is 17.5 Å². The minimum atomic E-state index is -1.99. The molecule has 3 aliphatic heterocycles. The summed E-state index contributed by atoms with van der Waals surface area (Å²) in [6.45, 7) is 2.92. The third-order valence-electron chi connectivity index (χ3n) is 23.5. The van der Waals surface area contributed by atoms with E-state index in [2.05, 4.69) is 52.8 Å². The predicted molar refractivity (Wildman–Crippen MR) is 475 cm³/mol. The largest absolute Gasteiger partial charge is 0.508 e. The number of carboxylic acid groups (broad SMARTS) is 2. The Morgan fingerprint density at radius 1 is 0.519 bits per heavy atom. The summed E-state index contributed by atoms with van der Waals surface area (Å²) in [6.07, 6.45) is -2.14. The van der Waals surface area contributed by atoms with Crippen LogP contribution in [0.2, 0.25) is 0 Å². The van der Waals surface area contributed by atoms with E-state index in [1.807, 2.05) is 0 Å². The second-order valence-corrected chi connectivity index (χ2v) is 34.5. The van der Waals surface area contributed by atoms with Crippen LogP contribution in [0.3, 0.4) is 0 Å². The van der Waals surface area contributed by atoms with Crippen molar-refractivity contribution in [2.45, 2.75) is 202 Å². The second-order valence-electron chi connectivity index (χ2n) is 33.5. The van der Waals surface area contributed by atoms with Gasteiger partial charge in [-0.15, -0.1) is 11.8 Å². The van der Waals surface area contributed by atoms with Gasteiger partial charge in [-0.1, -0.05) is 106 Å². The van der Waals surface area contributed by atoms with Gasteiger partial charge in [0.2, 0.25) is 88.6 Å². The molecular weight excluding hydrogens is 1760 g/mol. The molecule has 4 heterocycles. The number of nitrogens with two attached hydrogens (primary N) is 2. The van der Waals surface area contributed by atoms with Crippen LogP contribution in [-0.4, -0.2) is 283 Å². The molecule has 6 aromatic rings. The summed E-state index contributed by atoms with van der Waals surface area (Å²) in [5, 5.41) is 54.2. The molecule has 0 radical (unpaired) electrons. The number of fused-ring (bicyclic) bond motifs is 3. The number of aliphatic carboxylic acids is 2. The van der Waals surface area contributed by atoms with E-state index in [0.717, 1.165) is 43.7 Å². The van der Waals surface area contributed by atoms with Gasteiger partial charge in [0.25, 0.3) is 0 Å². The SMILES string of the molecule is CCCC[C@H]1C(=O)N2CCC[C@@H]2C(=O)N[C@@H](CC(=O)O)C(=O)N[C@@H](C(C)C)C(=O)N(C)[C@@H](Cc2ccccc2)C(=O)N[C@@H](CCC(=O)O)C(=O)N2CCCC[C@@H]2C(=O)N[C@@H](Cc2c[nH]c3ccccc23)C(=O)N[C@@H](Cc2ccc(O)cc2)C(=O)N[C@@H](CN)C(=O)N[C@H](C(=O)NCC(N)=O)CSCC(=O)N[C@@H](Cc2cc(F)c(F)c(F)c2)C(=O)N(C)C(Cc2ccc(F)cc2)C(=O)N1C. The smallest absolute Gasteiger partial charge is 0.305 e. The average Bonchev–Trinajstić information content (AvgIpc) is 1.42. The zero-order valence-electron chi connectivity index (χ0n) is 74.3. The molecule has 13 atom stereocenters. The summed E-state index contributed by atoms with van der Waals surface area (Å²) in [6, 6.07) is 4.08. The van der Waals surface area contributed by atoms with Crippen LogP contribution in [-0.2, 0) is 114 Å². The van der Waals surface area contributed by atoms with Gasteiger partial charge in [-0.2, -0.15) is 0 Å². The number of piperidine rings is 1. The van der Waals surface area contributed by atoms with Gasteiger partial charge in [-0.25, -0.2) is 17.6 Å². The van der Waals surface area contributed by atoms with Crippen molar-refractivity contribution in [2.75, 3.05) is 58.8 Å². The van der Waals surface area contributed by atoms with Gasteiger partial charge in [0.05, 0.1) is 18.7 Å². The number of para-hydroxylation sites is 1. The Bertz CT molecular complexity index is 5210. The maximum absolute atomic E-state index is 15.6. The monoisotopic (exact) mass is 1870 g/mol. The number of primary amides is 1. The van der Waals surface area contributed by atoms with Crippen molar-refractivity contribution in [1.29, 1.82) is 0 Å². The number of likely N-dealkylation sites (N-methyl/N-ethyl adjacent to an activating group) is 3. The molecule has 3 aliphatic rings. The number of H-pyrrole nitrogens is 1. The van der Waals surface area contributed by atoms with Crippen molar-refractivity contribution in [2.24, 2.45) is 17.4 Å². The first-order valence-electron chi connectivity index (χ1n) is 43.6. The number of thioether (sulfide) groups is 1. The molecule has 0 saturated carbocycles. The van der Waals surface area contributed by atoms with Crippen molar-refractivity contribution >= 4 is 123 Å². The number of aromatic nitrogens is 1. The molecule has 37 nitrogen and oxygen atoms in total. The third kappa shape index (κ3) is 28.5. The van der Waals surface area contributed by atoms with E-state index in [1.54, 1.807) is 67.7 Å². The maximum Gasteiger partial charge on any atom is 0.305 e.